The molecule has 1 heterocycles. The SMILES string of the molecule is Cc1ccc(S(=O)(=O)c2ccc(C(=O)Nc3ccc4ccccc4c3)o2)cc1. The van der Waals surface area contributed by atoms with Crippen LogP contribution in [0.5, 0.6) is 0 Å². The monoisotopic (exact) mass is 391 g/mol. The zero-order chi connectivity index (χ0) is 19.7. The van der Waals surface area contributed by atoms with Gasteiger partial charge in [-0.3, -0.25) is 4.79 Å². The lowest BCUT2D eigenvalue weighted by Gasteiger charge is -2.05. The number of hydrogen-bond donors (Lipinski definition) is 1. The topological polar surface area (TPSA) is 76.4 Å². The highest BCUT2D eigenvalue weighted by Crippen LogP contribution is 2.24. The minimum absolute atomic E-state index is 0.0705. The van der Waals surface area contributed by atoms with E-state index >= 15 is 0 Å². The van der Waals surface area contributed by atoms with Gasteiger partial charge in [0.2, 0.25) is 14.9 Å². The molecule has 0 bridgehead atoms. The predicted octanol–water partition coefficient (Wildman–Crippen LogP) is 4.83. The van der Waals surface area contributed by atoms with Gasteiger partial charge in [0.15, 0.2) is 5.76 Å². The first kappa shape index (κ1) is 18.0. The molecule has 4 rings (SSSR count). The highest BCUT2D eigenvalue weighted by atomic mass is 32.2. The van der Waals surface area contributed by atoms with E-state index in [1.165, 1.54) is 24.3 Å². The minimum atomic E-state index is -3.82. The fourth-order valence-electron chi connectivity index (χ4n) is 2.88. The van der Waals surface area contributed by atoms with Gasteiger partial charge in [-0.05, 0) is 54.1 Å². The standard InChI is InChI=1S/C22H17NO4S/c1-15-6-10-19(11-7-15)28(25,26)21-13-12-20(27-21)22(24)23-18-9-8-16-4-2-3-5-17(16)14-18/h2-14H,1H3,(H,23,24). The molecule has 140 valence electrons. The van der Waals surface area contributed by atoms with E-state index in [9.17, 15) is 13.2 Å². The van der Waals surface area contributed by atoms with Crippen LogP contribution in [0.2, 0.25) is 0 Å². The number of furan rings is 1. The third kappa shape index (κ3) is 3.42. The maximum atomic E-state index is 12.7. The van der Waals surface area contributed by atoms with E-state index in [1.807, 2.05) is 43.3 Å². The van der Waals surface area contributed by atoms with Crippen LogP contribution in [0.3, 0.4) is 0 Å². The maximum Gasteiger partial charge on any atom is 0.291 e. The molecule has 5 nitrogen and oxygen atoms in total. The second kappa shape index (κ2) is 6.98. The summed E-state index contributed by atoms with van der Waals surface area (Å²) in [6.45, 7) is 1.87. The molecule has 0 fully saturated rings. The highest BCUT2D eigenvalue weighted by Gasteiger charge is 2.23. The molecule has 0 saturated heterocycles. The summed E-state index contributed by atoms with van der Waals surface area (Å²) in [4.78, 5) is 12.6. The minimum Gasteiger partial charge on any atom is -0.439 e. The van der Waals surface area contributed by atoms with E-state index in [1.54, 1.807) is 18.2 Å². The summed E-state index contributed by atoms with van der Waals surface area (Å²) in [6, 6.07) is 22.4. The molecule has 0 saturated carbocycles. The first-order valence-corrected chi connectivity index (χ1v) is 10.1. The lowest BCUT2D eigenvalue weighted by molar-refractivity contribution is 0.0991. The molecule has 4 aromatic rings. The maximum absolute atomic E-state index is 12.7. The first-order chi connectivity index (χ1) is 13.4. The van der Waals surface area contributed by atoms with Gasteiger partial charge in [0.1, 0.15) is 0 Å². The number of aryl methyl sites for hydroxylation is 1. The smallest absolute Gasteiger partial charge is 0.291 e. The van der Waals surface area contributed by atoms with Crippen LogP contribution in [0.4, 0.5) is 5.69 Å². The van der Waals surface area contributed by atoms with Crippen molar-refractivity contribution in [2.24, 2.45) is 0 Å². The third-order valence-corrected chi connectivity index (χ3v) is 6.05. The average molecular weight is 391 g/mol. The molecule has 0 radical (unpaired) electrons. The lowest BCUT2D eigenvalue weighted by Crippen LogP contribution is -2.11. The van der Waals surface area contributed by atoms with Crippen molar-refractivity contribution in [3.05, 3.63) is 90.2 Å². The molecule has 1 amide bonds. The van der Waals surface area contributed by atoms with Crippen molar-refractivity contribution >= 4 is 32.2 Å². The number of anilines is 1. The number of nitrogens with one attached hydrogen (secondary N) is 1. The van der Waals surface area contributed by atoms with Crippen LogP contribution in [0.1, 0.15) is 16.1 Å². The van der Waals surface area contributed by atoms with Crippen molar-refractivity contribution in [2.45, 2.75) is 16.9 Å². The van der Waals surface area contributed by atoms with E-state index in [4.69, 9.17) is 4.42 Å². The molecule has 1 N–H and O–H groups in total. The number of sulfone groups is 1. The van der Waals surface area contributed by atoms with Crippen LogP contribution >= 0.6 is 0 Å². The number of fused-ring (bicyclic) bond motifs is 1. The first-order valence-electron chi connectivity index (χ1n) is 8.65. The van der Waals surface area contributed by atoms with Crippen molar-refractivity contribution < 1.29 is 17.6 Å². The zero-order valence-corrected chi connectivity index (χ0v) is 15.9. The van der Waals surface area contributed by atoms with Gasteiger partial charge in [0, 0.05) is 5.69 Å². The van der Waals surface area contributed by atoms with E-state index in [0.29, 0.717) is 5.69 Å². The number of benzene rings is 3. The molecular weight excluding hydrogens is 374 g/mol. The summed E-state index contributed by atoms with van der Waals surface area (Å²) in [5, 5.41) is 4.52. The number of carbonyl (C=O) groups excluding carboxylic acids is 1. The molecule has 28 heavy (non-hydrogen) atoms. The molecule has 6 heteroatoms. The second-order valence-electron chi connectivity index (χ2n) is 6.45. The number of carbonyl (C=O) groups is 1. The normalized spacial score (nSPS) is 11.5. The van der Waals surface area contributed by atoms with Crippen LogP contribution in [0, 0.1) is 6.92 Å². The molecule has 0 aliphatic rings. The Morgan fingerprint density at radius 1 is 0.857 bits per heavy atom. The summed E-state index contributed by atoms with van der Waals surface area (Å²) < 4.78 is 30.7. The van der Waals surface area contributed by atoms with Gasteiger partial charge in [-0.1, -0.05) is 48.0 Å². The Kier molecular flexibility index (Phi) is 4.49. The number of amides is 1. The van der Waals surface area contributed by atoms with E-state index < -0.39 is 15.7 Å². The Labute approximate surface area is 162 Å². The Bertz CT molecular complexity index is 1270. The van der Waals surface area contributed by atoms with Crippen molar-refractivity contribution in [1.82, 2.24) is 0 Å². The van der Waals surface area contributed by atoms with E-state index in [2.05, 4.69) is 5.32 Å². The van der Waals surface area contributed by atoms with Crippen LogP contribution in [-0.4, -0.2) is 14.3 Å². The lowest BCUT2D eigenvalue weighted by atomic mass is 10.1. The zero-order valence-electron chi connectivity index (χ0n) is 15.0. The molecule has 3 aromatic carbocycles. The van der Waals surface area contributed by atoms with Gasteiger partial charge in [0.05, 0.1) is 4.90 Å². The van der Waals surface area contributed by atoms with Crippen molar-refractivity contribution in [1.29, 1.82) is 0 Å². The number of rotatable bonds is 4. The quantitative estimate of drug-likeness (QED) is 0.541. The van der Waals surface area contributed by atoms with Crippen LogP contribution in [-0.2, 0) is 9.84 Å². The summed E-state index contributed by atoms with van der Waals surface area (Å²) in [6.07, 6.45) is 0. The van der Waals surface area contributed by atoms with Gasteiger partial charge in [-0.2, -0.15) is 0 Å². The van der Waals surface area contributed by atoms with Gasteiger partial charge in [0.25, 0.3) is 5.91 Å². The van der Waals surface area contributed by atoms with Gasteiger partial charge in [-0.25, -0.2) is 8.42 Å². The molecule has 1 aromatic heterocycles. The Hall–Kier alpha value is -3.38. The van der Waals surface area contributed by atoms with Crippen molar-refractivity contribution in [2.75, 3.05) is 5.32 Å². The molecule has 0 unspecified atom stereocenters. The van der Waals surface area contributed by atoms with Crippen LogP contribution in [0.25, 0.3) is 10.8 Å². The van der Waals surface area contributed by atoms with Gasteiger partial charge in [-0.15, -0.1) is 0 Å². The van der Waals surface area contributed by atoms with Crippen LogP contribution < -0.4 is 5.32 Å². The Morgan fingerprint density at radius 2 is 1.57 bits per heavy atom. The summed E-state index contributed by atoms with van der Waals surface area (Å²) in [7, 11) is -3.82. The fraction of sp³-hybridized carbons (Fsp3) is 0.0455. The largest absolute Gasteiger partial charge is 0.439 e. The Morgan fingerprint density at radius 3 is 2.32 bits per heavy atom. The summed E-state index contributed by atoms with van der Waals surface area (Å²) in [5.41, 5.74) is 1.55. The number of hydrogen-bond acceptors (Lipinski definition) is 4. The van der Waals surface area contributed by atoms with E-state index in [-0.39, 0.29) is 15.7 Å². The molecule has 0 atom stereocenters. The highest BCUT2D eigenvalue weighted by molar-refractivity contribution is 7.91. The molecule has 0 spiro atoms. The molecule has 0 aliphatic heterocycles. The summed E-state index contributed by atoms with van der Waals surface area (Å²) in [5.74, 6) is -0.584. The molecule has 0 aliphatic carbocycles. The van der Waals surface area contributed by atoms with E-state index in [0.717, 1.165) is 16.3 Å². The van der Waals surface area contributed by atoms with Gasteiger partial charge < -0.3 is 9.73 Å². The summed E-state index contributed by atoms with van der Waals surface area (Å²) >= 11 is 0. The third-order valence-electron chi connectivity index (χ3n) is 4.41. The fourth-order valence-corrected chi connectivity index (χ4v) is 4.05. The predicted molar refractivity (Wildman–Crippen MR) is 107 cm³/mol. The van der Waals surface area contributed by atoms with Crippen LogP contribution in [0.15, 0.2) is 93.3 Å². The Balaban J connectivity index is 1.57. The molecular formula is C22H17NO4S. The van der Waals surface area contributed by atoms with Crippen molar-refractivity contribution in [3.63, 3.8) is 0 Å². The second-order valence-corrected chi connectivity index (χ2v) is 8.33. The van der Waals surface area contributed by atoms with Crippen molar-refractivity contribution in [3.8, 4) is 0 Å². The average Bonchev–Trinajstić information content (AvgIpc) is 3.19. The van der Waals surface area contributed by atoms with Gasteiger partial charge >= 0.3 is 0 Å².